The molecule has 5 nitrogen and oxygen atoms in total. The minimum absolute atomic E-state index is 0.180. The highest BCUT2D eigenvalue weighted by Crippen LogP contribution is 2.14. The maximum Gasteiger partial charge on any atom is 0.343 e. The minimum Gasteiger partial charge on any atom is -0.480 e. The standard InChI is InChI=1S/C10H11NO4/c1-7-3-4-9(8(5-12)11-7)15-6-10(13)14-2/h3-5H,6H2,1-2H3. The summed E-state index contributed by atoms with van der Waals surface area (Å²) in [6.45, 7) is 1.53. The van der Waals surface area contributed by atoms with Gasteiger partial charge in [0.15, 0.2) is 12.9 Å². The van der Waals surface area contributed by atoms with Gasteiger partial charge in [-0.1, -0.05) is 0 Å². The third kappa shape index (κ3) is 3.05. The van der Waals surface area contributed by atoms with Crippen LogP contribution in [-0.2, 0) is 9.53 Å². The summed E-state index contributed by atoms with van der Waals surface area (Å²) in [7, 11) is 1.26. The summed E-state index contributed by atoms with van der Waals surface area (Å²) >= 11 is 0. The first-order chi connectivity index (χ1) is 7.17. The number of hydrogen-bond donors (Lipinski definition) is 0. The molecule has 0 amide bonds. The lowest BCUT2D eigenvalue weighted by Crippen LogP contribution is -2.13. The van der Waals surface area contributed by atoms with Crippen molar-refractivity contribution >= 4 is 12.3 Å². The van der Waals surface area contributed by atoms with Crippen molar-refractivity contribution in [2.45, 2.75) is 6.92 Å². The van der Waals surface area contributed by atoms with Crippen LogP contribution in [0, 0.1) is 6.92 Å². The van der Waals surface area contributed by atoms with Gasteiger partial charge in [-0.25, -0.2) is 9.78 Å². The Kier molecular flexibility index (Phi) is 3.79. The fourth-order valence-corrected chi connectivity index (χ4v) is 0.966. The van der Waals surface area contributed by atoms with Gasteiger partial charge in [-0.3, -0.25) is 4.79 Å². The van der Waals surface area contributed by atoms with E-state index < -0.39 is 5.97 Å². The molecule has 0 saturated heterocycles. The zero-order chi connectivity index (χ0) is 11.3. The molecule has 0 aliphatic carbocycles. The second-order valence-corrected chi connectivity index (χ2v) is 2.82. The van der Waals surface area contributed by atoms with Crippen LogP contribution in [0.3, 0.4) is 0 Å². The number of esters is 1. The number of methoxy groups -OCH3 is 1. The molecule has 1 aromatic heterocycles. The number of carbonyl (C=O) groups is 2. The third-order valence-electron chi connectivity index (χ3n) is 1.71. The molecule has 0 atom stereocenters. The van der Waals surface area contributed by atoms with Crippen molar-refractivity contribution in [3.63, 3.8) is 0 Å². The highest BCUT2D eigenvalue weighted by atomic mass is 16.6. The Morgan fingerprint density at radius 1 is 1.53 bits per heavy atom. The number of nitrogens with zero attached hydrogens (tertiary/aromatic N) is 1. The molecule has 0 fully saturated rings. The predicted octanol–water partition coefficient (Wildman–Crippen LogP) is 0.754. The zero-order valence-corrected chi connectivity index (χ0v) is 8.52. The summed E-state index contributed by atoms with van der Waals surface area (Å²) in [5.41, 5.74) is 0.890. The van der Waals surface area contributed by atoms with E-state index in [1.54, 1.807) is 19.1 Å². The molecule has 1 aromatic rings. The van der Waals surface area contributed by atoms with E-state index in [-0.39, 0.29) is 18.1 Å². The van der Waals surface area contributed by atoms with Crippen LogP contribution < -0.4 is 4.74 Å². The Balaban J connectivity index is 2.76. The molecule has 0 saturated carbocycles. The summed E-state index contributed by atoms with van der Waals surface area (Å²) < 4.78 is 9.46. The van der Waals surface area contributed by atoms with E-state index in [0.717, 1.165) is 0 Å². The number of hydrogen-bond acceptors (Lipinski definition) is 5. The summed E-state index contributed by atoms with van der Waals surface area (Å²) in [6.07, 6.45) is 0.583. The van der Waals surface area contributed by atoms with Crippen molar-refractivity contribution in [2.75, 3.05) is 13.7 Å². The fourth-order valence-electron chi connectivity index (χ4n) is 0.966. The molecule has 1 heterocycles. The van der Waals surface area contributed by atoms with E-state index in [9.17, 15) is 9.59 Å². The van der Waals surface area contributed by atoms with Crippen LogP contribution in [0.1, 0.15) is 16.2 Å². The van der Waals surface area contributed by atoms with E-state index in [0.29, 0.717) is 12.0 Å². The summed E-state index contributed by atoms with van der Waals surface area (Å²) in [5, 5.41) is 0. The largest absolute Gasteiger partial charge is 0.480 e. The number of carbonyl (C=O) groups excluding carboxylic acids is 2. The van der Waals surface area contributed by atoms with E-state index in [1.165, 1.54) is 7.11 Å². The van der Waals surface area contributed by atoms with E-state index in [2.05, 4.69) is 9.72 Å². The molecule has 5 heteroatoms. The van der Waals surface area contributed by atoms with Gasteiger partial charge in [0.2, 0.25) is 0 Å². The van der Waals surface area contributed by atoms with Crippen molar-refractivity contribution in [1.29, 1.82) is 0 Å². The molecule has 0 aliphatic heterocycles. The Bertz CT molecular complexity index is 376. The normalized spacial score (nSPS) is 9.47. The fraction of sp³-hybridized carbons (Fsp3) is 0.300. The van der Waals surface area contributed by atoms with Gasteiger partial charge in [-0.2, -0.15) is 0 Å². The molecule has 0 aromatic carbocycles. The smallest absolute Gasteiger partial charge is 0.343 e. The van der Waals surface area contributed by atoms with Crippen LogP contribution in [0.4, 0.5) is 0 Å². The molecular weight excluding hydrogens is 198 g/mol. The molecule has 1 rings (SSSR count). The summed E-state index contributed by atoms with van der Waals surface area (Å²) in [4.78, 5) is 25.4. The first-order valence-electron chi connectivity index (χ1n) is 4.30. The molecule has 15 heavy (non-hydrogen) atoms. The van der Waals surface area contributed by atoms with Crippen LogP contribution in [0.5, 0.6) is 5.75 Å². The van der Waals surface area contributed by atoms with Gasteiger partial charge < -0.3 is 9.47 Å². The van der Waals surface area contributed by atoms with E-state index >= 15 is 0 Å². The number of pyridine rings is 1. The molecular formula is C10H11NO4. The van der Waals surface area contributed by atoms with Crippen molar-refractivity contribution < 1.29 is 19.1 Å². The molecule has 0 spiro atoms. The van der Waals surface area contributed by atoms with Gasteiger partial charge in [-0.15, -0.1) is 0 Å². The maximum atomic E-state index is 10.8. The van der Waals surface area contributed by atoms with Crippen LogP contribution in [0.15, 0.2) is 12.1 Å². The average molecular weight is 209 g/mol. The lowest BCUT2D eigenvalue weighted by molar-refractivity contribution is -0.142. The number of aldehydes is 1. The van der Waals surface area contributed by atoms with Crippen LogP contribution in [0.2, 0.25) is 0 Å². The number of rotatable bonds is 4. The SMILES string of the molecule is COC(=O)COc1ccc(C)nc1C=O. The number of aromatic nitrogens is 1. The Morgan fingerprint density at radius 2 is 2.27 bits per heavy atom. The van der Waals surface area contributed by atoms with Gasteiger partial charge >= 0.3 is 5.97 Å². The van der Waals surface area contributed by atoms with Crippen LogP contribution >= 0.6 is 0 Å². The average Bonchev–Trinajstić information content (AvgIpc) is 2.26. The second kappa shape index (κ2) is 5.09. The Hall–Kier alpha value is -1.91. The van der Waals surface area contributed by atoms with E-state index in [4.69, 9.17) is 4.74 Å². The van der Waals surface area contributed by atoms with Gasteiger partial charge in [0.05, 0.1) is 7.11 Å². The predicted molar refractivity (Wildman–Crippen MR) is 51.9 cm³/mol. The first kappa shape index (κ1) is 11.2. The lowest BCUT2D eigenvalue weighted by Gasteiger charge is -2.06. The molecule has 0 aliphatic rings. The van der Waals surface area contributed by atoms with Crippen molar-refractivity contribution in [3.05, 3.63) is 23.5 Å². The number of aryl methyl sites for hydroxylation is 1. The van der Waals surface area contributed by atoms with Gasteiger partial charge in [0.1, 0.15) is 11.4 Å². The van der Waals surface area contributed by atoms with Gasteiger partial charge in [0, 0.05) is 5.69 Å². The lowest BCUT2D eigenvalue weighted by atomic mass is 10.3. The maximum absolute atomic E-state index is 10.8. The monoisotopic (exact) mass is 209 g/mol. The summed E-state index contributed by atoms with van der Waals surface area (Å²) in [6, 6.07) is 3.29. The highest BCUT2D eigenvalue weighted by Gasteiger charge is 2.07. The van der Waals surface area contributed by atoms with E-state index in [1.807, 2.05) is 0 Å². The van der Waals surface area contributed by atoms with Gasteiger partial charge in [0.25, 0.3) is 0 Å². The first-order valence-corrected chi connectivity index (χ1v) is 4.30. The molecule has 0 N–H and O–H groups in total. The van der Waals surface area contributed by atoms with Gasteiger partial charge in [-0.05, 0) is 19.1 Å². The molecule has 0 unspecified atom stereocenters. The quantitative estimate of drug-likeness (QED) is 0.541. The van der Waals surface area contributed by atoms with Crippen molar-refractivity contribution in [3.8, 4) is 5.75 Å². The minimum atomic E-state index is -0.507. The van der Waals surface area contributed by atoms with Crippen molar-refractivity contribution in [2.24, 2.45) is 0 Å². The topological polar surface area (TPSA) is 65.5 Å². The van der Waals surface area contributed by atoms with Crippen molar-refractivity contribution in [1.82, 2.24) is 4.98 Å². The Labute approximate surface area is 87.0 Å². The summed E-state index contributed by atoms with van der Waals surface area (Å²) in [5.74, 6) is -0.228. The third-order valence-corrected chi connectivity index (χ3v) is 1.71. The van der Waals surface area contributed by atoms with Crippen LogP contribution in [-0.4, -0.2) is 31.0 Å². The molecule has 0 radical (unpaired) electrons. The van der Waals surface area contributed by atoms with Crippen LogP contribution in [0.25, 0.3) is 0 Å². The Morgan fingerprint density at radius 3 is 2.87 bits per heavy atom. The zero-order valence-electron chi connectivity index (χ0n) is 8.52. The molecule has 80 valence electrons. The second-order valence-electron chi connectivity index (χ2n) is 2.82. The highest BCUT2D eigenvalue weighted by molar-refractivity contribution is 5.77. The molecule has 0 bridgehead atoms. The number of ether oxygens (including phenoxy) is 2.